The van der Waals surface area contributed by atoms with Crippen molar-refractivity contribution in [3.05, 3.63) is 0 Å². The van der Waals surface area contributed by atoms with Gasteiger partial charge in [-0.1, -0.05) is 13.8 Å². The van der Waals surface area contributed by atoms with Crippen LogP contribution in [0.25, 0.3) is 0 Å². The van der Waals surface area contributed by atoms with Crippen LogP contribution in [0.2, 0.25) is 0 Å². The van der Waals surface area contributed by atoms with E-state index in [0.717, 1.165) is 6.42 Å². The van der Waals surface area contributed by atoms with Crippen LogP contribution in [0.15, 0.2) is 0 Å². The van der Waals surface area contributed by atoms with Gasteiger partial charge < -0.3 is 4.74 Å². The fourth-order valence-electron chi connectivity index (χ4n) is 1.13. The molecule has 3 heteroatoms. The molecule has 0 aliphatic heterocycles. The van der Waals surface area contributed by atoms with E-state index in [2.05, 4.69) is 0 Å². The van der Waals surface area contributed by atoms with Crippen LogP contribution in [0.5, 0.6) is 0 Å². The Hall–Kier alpha value is -0.880. The topological polar surface area (TPSA) is 50.1 Å². The number of Topliss-reactive ketones (excluding diaryl/α,β-unsaturated/α-hetero) is 1. The molecule has 0 aromatic rings. The van der Waals surface area contributed by atoms with Crippen molar-refractivity contribution < 1.29 is 9.53 Å². The molecule has 0 aromatic carbocycles. The zero-order valence-corrected chi connectivity index (χ0v) is 8.54. The predicted molar refractivity (Wildman–Crippen MR) is 50.1 cm³/mol. The summed E-state index contributed by atoms with van der Waals surface area (Å²) in [4.78, 5) is 11.4. The standard InChI is InChI=1S/C10H17NO2/c1-8(2)7-10(13-3)9(12)5-4-6-11/h8,10H,4-5,7H2,1-3H3/t10-/m1/s1. The number of nitriles is 1. The quantitative estimate of drug-likeness (QED) is 0.632. The average Bonchev–Trinajstić information content (AvgIpc) is 2.09. The third-order valence-electron chi connectivity index (χ3n) is 1.81. The zero-order valence-electron chi connectivity index (χ0n) is 8.54. The summed E-state index contributed by atoms with van der Waals surface area (Å²) in [6, 6.07) is 1.95. The molecule has 0 amide bonds. The normalized spacial score (nSPS) is 12.5. The lowest BCUT2D eigenvalue weighted by molar-refractivity contribution is -0.129. The van der Waals surface area contributed by atoms with E-state index in [1.165, 1.54) is 7.11 Å². The maximum Gasteiger partial charge on any atom is 0.162 e. The van der Waals surface area contributed by atoms with Gasteiger partial charge in [-0.2, -0.15) is 5.26 Å². The molecule has 0 saturated carbocycles. The minimum Gasteiger partial charge on any atom is -0.374 e. The molecule has 0 fully saturated rings. The predicted octanol–water partition coefficient (Wildman–Crippen LogP) is 1.92. The summed E-state index contributed by atoms with van der Waals surface area (Å²) in [7, 11) is 1.54. The first kappa shape index (κ1) is 12.1. The maximum atomic E-state index is 11.4. The van der Waals surface area contributed by atoms with Gasteiger partial charge in [0.05, 0.1) is 6.07 Å². The molecule has 0 N–H and O–H groups in total. The summed E-state index contributed by atoms with van der Waals surface area (Å²) < 4.78 is 5.06. The van der Waals surface area contributed by atoms with E-state index in [9.17, 15) is 4.79 Å². The van der Waals surface area contributed by atoms with Crippen molar-refractivity contribution >= 4 is 5.78 Å². The van der Waals surface area contributed by atoms with Crippen molar-refractivity contribution in [2.24, 2.45) is 5.92 Å². The Labute approximate surface area is 79.7 Å². The second kappa shape index (κ2) is 6.62. The van der Waals surface area contributed by atoms with Crippen molar-refractivity contribution in [3.63, 3.8) is 0 Å². The van der Waals surface area contributed by atoms with Gasteiger partial charge in [0.2, 0.25) is 0 Å². The number of nitrogens with zero attached hydrogens (tertiary/aromatic N) is 1. The molecule has 0 aliphatic carbocycles. The summed E-state index contributed by atoms with van der Waals surface area (Å²) in [6.45, 7) is 4.09. The molecule has 13 heavy (non-hydrogen) atoms. The highest BCUT2D eigenvalue weighted by Crippen LogP contribution is 2.10. The Balaban J connectivity index is 3.93. The Morgan fingerprint density at radius 3 is 2.54 bits per heavy atom. The number of carbonyl (C=O) groups excluding carboxylic acids is 1. The number of methoxy groups -OCH3 is 1. The Morgan fingerprint density at radius 2 is 2.15 bits per heavy atom. The van der Waals surface area contributed by atoms with Crippen LogP contribution in [0, 0.1) is 17.2 Å². The molecule has 0 spiro atoms. The van der Waals surface area contributed by atoms with Gasteiger partial charge in [-0.15, -0.1) is 0 Å². The van der Waals surface area contributed by atoms with Crippen LogP contribution >= 0.6 is 0 Å². The molecule has 0 aromatic heterocycles. The van der Waals surface area contributed by atoms with Gasteiger partial charge in [-0.05, 0) is 12.3 Å². The molecule has 0 radical (unpaired) electrons. The van der Waals surface area contributed by atoms with Gasteiger partial charge in [-0.3, -0.25) is 4.79 Å². The van der Waals surface area contributed by atoms with Gasteiger partial charge in [0.25, 0.3) is 0 Å². The third-order valence-corrected chi connectivity index (χ3v) is 1.81. The van der Waals surface area contributed by atoms with Crippen LogP contribution in [0.4, 0.5) is 0 Å². The number of hydrogen-bond donors (Lipinski definition) is 0. The van der Waals surface area contributed by atoms with Gasteiger partial charge in [0.15, 0.2) is 5.78 Å². The van der Waals surface area contributed by atoms with E-state index in [1.807, 2.05) is 19.9 Å². The summed E-state index contributed by atoms with van der Waals surface area (Å²) in [5.74, 6) is 0.480. The number of carbonyl (C=O) groups is 1. The molecule has 0 bridgehead atoms. The van der Waals surface area contributed by atoms with Gasteiger partial charge >= 0.3 is 0 Å². The molecule has 0 heterocycles. The van der Waals surface area contributed by atoms with E-state index in [1.54, 1.807) is 0 Å². The highest BCUT2D eigenvalue weighted by molar-refractivity contribution is 5.83. The Morgan fingerprint density at radius 1 is 1.54 bits per heavy atom. The highest BCUT2D eigenvalue weighted by atomic mass is 16.5. The van der Waals surface area contributed by atoms with E-state index in [4.69, 9.17) is 10.00 Å². The summed E-state index contributed by atoms with van der Waals surface area (Å²) in [5, 5.41) is 8.31. The van der Waals surface area contributed by atoms with Crippen molar-refractivity contribution in [2.45, 2.75) is 39.2 Å². The molecule has 0 unspecified atom stereocenters. The van der Waals surface area contributed by atoms with Crippen LogP contribution < -0.4 is 0 Å². The third kappa shape index (κ3) is 5.37. The Kier molecular flexibility index (Phi) is 6.17. The summed E-state index contributed by atoms with van der Waals surface area (Å²) in [5.41, 5.74) is 0. The number of ether oxygens (including phenoxy) is 1. The van der Waals surface area contributed by atoms with E-state index < -0.39 is 0 Å². The first-order valence-corrected chi connectivity index (χ1v) is 4.54. The highest BCUT2D eigenvalue weighted by Gasteiger charge is 2.17. The molecule has 3 nitrogen and oxygen atoms in total. The molecular formula is C10H17NO2. The first-order chi connectivity index (χ1) is 6.11. The fraction of sp³-hybridized carbons (Fsp3) is 0.800. The van der Waals surface area contributed by atoms with Crippen molar-refractivity contribution in [1.29, 1.82) is 5.26 Å². The molecular weight excluding hydrogens is 166 g/mol. The Bertz CT molecular complexity index is 194. The molecule has 74 valence electrons. The molecule has 1 atom stereocenters. The molecule has 0 rings (SSSR count). The molecule has 0 saturated heterocycles. The SMILES string of the molecule is CO[C@H](CC(C)C)C(=O)CCC#N. The van der Waals surface area contributed by atoms with Crippen LogP contribution in [-0.4, -0.2) is 19.0 Å². The lowest BCUT2D eigenvalue weighted by Gasteiger charge is -2.15. The van der Waals surface area contributed by atoms with E-state index in [0.29, 0.717) is 12.3 Å². The van der Waals surface area contributed by atoms with Crippen molar-refractivity contribution in [2.75, 3.05) is 7.11 Å². The first-order valence-electron chi connectivity index (χ1n) is 4.54. The average molecular weight is 183 g/mol. The number of rotatable bonds is 6. The van der Waals surface area contributed by atoms with Crippen molar-refractivity contribution in [1.82, 2.24) is 0 Å². The minimum absolute atomic E-state index is 0.0396. The van der Waals surface area contributed by atoms with Crippen LogP contribution in [0.3, 0.4) is 0 Å². The molecule has 0 aliphatic rings. The summed E-state index contributed by atoms with van der Waals surface area (Å²) in [6.07, 6.45) is 1.01. The van der Waals surface area contributed by atoms with Gasteiger partial charge in [-0.25, -0.2) is 0 Å². The smallest absolute Gasteiger partial charge is 0.162 e. The lowest BCUT2D eigenvalue weighted by Crippen LogP contribution is -2.24. The van der Waals surface area contributed by atoms with E-state index in [-0.39, 0.29) is 18.3 Å². The van der Waals surface area contributed by atoms with Gasteiger partial charge in [0.1, 0.15) is 6.10 Å². The van der Waals surface area contributed by atoms with E-state index >= 15 is 0 Å². The second-order valence-electron chi connectivity index (χ2n) is 3.48. The zero-order chi connectivity index (χ0) is 10.3. The number of ketones is 1. The lowest BCUT2D eigenvalue weighted by atomic mass is 10.0. The fourth-order valence-corrected chi connectivity index (χ4v) is 1.13. The monoisotopic (exact) mass is 183 g/mol. The minimum atomic E-state index is -0.326. The van der Waals surface area contributed by atoms with Crippen LogP contribution in [-0.2, 0) is 9.53 Å². The summed E-state index contributed by atoms with van der Waals surface area (Å²) >= 11 is 0. The van der Waals surface area contributed by atoms with Crippen molar-refractivity contribution in [3.8, 4) is 6.07 Å². The second-order valence-corrected chi connectivity index (χ2v) is 3.48. The maximum absolute atomic E-state index is 11.4. The van der Waals surface area contributed by atoms with Crippen LogP contribution in [0.1, 0.15) is 33.1 Å². The van der Waals surface area contributed by atoms with Gasteiger partial charge in [0, 0.05) is 20.0 Å². The number of hydrogen-bond acceptors (Lipinski definition) is 3. The largest absolute Gasteiger partial charge is 0.374 e.